The maximum absolute atomic E-state index is 11.9. The monoisotopic (exact) mass is 270 g/mol. The minimum Gasteiger partial charge on any atom is -0.315 e. The van der Waals surface area contributed by atoms with Crippen molar-refractivity contribution >= 4 is 9.84 Å². The zero-order chi connectivity index (χ0) is 14.0. The Bertz CT molecular complexity index is 483. The molecule has 0 aliphatic carbocycles. The van der Waals surface area contributed by atoms with Crippen molar-refractivity contribution < 1.29 is 8.42 Å². The van der Waals surface area contributed by atoms with Gasteiger partial charge in [0.25, 0.3) is 0 Å². The Morgan fingerprint density at radius 3 is 2.33 bits per heavy atom. The van der Waals surface area contributed by atoms with E-state index in [0.29, 0.717) is 0 Å². The van der Waals surface area contributed by atoms with Gasteiger partial charge in [0.2, 0.25) is 0 Å². The summed E-state index contributed by atoms with van der Waals surface area (Å²) in [6.07, 6.45) is 3.01. The first-order valence-corrected chi connectivity index (χ1v) is 7.88. The highest BCUT2D eigenvalue weighted by molar-refractivity contribution is 7.92. The van der Waals surface area contributed by atoms with Gasteiger partial charge in [-0.05, 0) is 33.0 Å². The van der Waals surface area contributed by atoms with Gasteiger partial charge in [-0.15, -0.1) is 0 Å². The number of hydrogen-bond donors (Lipinski definition) is 1. The van der Waals surface area contributed by atoms with Crippen molar-refractivity contribution in [3.8, 4) is 0 Å². The number of rotatable bonds is 5. The number of hydrogen-bond acceptors (Lipinski definition) is 4. The highest BCUT2D eigenvalue weighted by atomic mass is 32.2. The summed E-state index contributed by atoms with van der Waals surface area (Å²) in [7, 11) is -1.37. The Morgan fingerprint density at radius 1 is 1.33 bits per heavy atom. The molecule has 5 heteroatoms. The lowest BCUT2D eigenvalue weighted by atomic mass is 9.88. The van der Waals surface area contributed by atoms with Crippen molar-refractivity contribution in [2.24, 2.45) is 0 Å². The van der Waals surface area contributed by atoms with E-state index in [-0.39, 0.29) is 12.0 Å². The molecule has 0 bridgehead atoms. The van der Waals surface area contributed by atoms with Gasteiger partial charge in [-0.25, -0.2) is 8.42 Å². The fourth-order valence-corrected chi connectivity index (χ4v) is 3.03. The largest absolute Gasteiger partial charge is 0.315 e. The first-order chi connectivity index (χ1) is 8.21. The van der Waals surface area contributed by atoms with E-state index in [1.54, 1.807) is 27.1 Å². The maximum Gasteiger partial charge on any atom is 0.154 e. The van der Waals surface area contributed by atoms with Gasteiger partial charge in [0, 0.05) is 30.1 Å². The topological polar surface area (TPSA) is 59.1 Å². The number of nitrogens with one attached hydrogen (secondary N) is 1. The van der Waals surface area contributed by atoms with Crippen molar-refractivity contribution in [2.45, 2.75) is 37.5 Å². The lowest BCUT2D eigenvalue weighted by molar-refractivity contribution is 0.383. The summed E-state index contributed by atoms with van der Waals surface area (Å²) < 4.78 is 23.0. The highest BCUT2D eigenvalue weighted by Gasteiger charge is 2.41. The molecule has 1 aromatic rings. The molecule has 1 N–H and O–H groups in total. The summed E-state index contributed by atoms with van der Waals surface area (Å²) in [6.45, 7) is 5.50. The quantitative estimate of drug-likeness (QED) is 0.883. The van der Waals surface area contributed by atoms with E-state index in [4.69, 9.17) is 0 Å². The van der Waals surface area contributed by atoms with Gasteiger partial charge in [-0.2, -0.15) is 0 Å². The molecule has 1 heterocycles. The number of nitrogens with zero attached hydrogens (tertiary/aromatic N) is 1. The van der Waals surface area contributed by atoms with Crippen LogP contribution in [-0.2, 0) is 9.84 Å². The van der Waals surface area contributed by atoms with E-state index in [9.17, 15) is 8.42 Å². The smallest absolute Gasteiger partial charge is 0.154 e. The Labute approximate surface area is 110 Å². The van der Waals surface area contributed by atoms with Gasteiger partial charge in [0.05, 0.1) is 4.75 Å². The first-order valence-electron chi connectivity index (χ1n) is 5.99. The molecule has 0 aromatic carbocycles. The number of pyridine rings is 1. The van der Waals surface area contributed by atoms with Crippen LogP contribution >= 0.6 is 0 Å². The second kappa shape index (κ2) is 5.36. The summed E-state index contributed by atoms with van der Waals surface area (Å²) in [5.74, 6) is 0.0147. The average molecular weight is 270 g/mol. The number of likely N-dealkylation sites (N-methyl/N-ethyl adjacent to an activating group) is 1. The fourth-order valence-electron chi connectivity index (χ4n) is 2.25. The minimum absolute atomic E-state index is 0.0147. The molecule has 102 valence electrons. The molecule has 0 spiro atoms. The van der Waals surface area contributed by atoms with Gasteiger partial charge in [-0.3, -0.25) is 4.98 Å². The van der Waals surface area contributed by atoms with Crippen molar-refractivity contribution in [3.63, 3.8) is 0 Å². The second-order valence-electron chi connectivity index (χ2n) is 5.19. The van der Waals surface area contributed by atoms with E-state index in [1.807, 2.05) is 25.1 Å². The minimum atomic E-state index is -3.16. The van der Waals surface area contributed by atoms with Gasteiger partial charge in [0.15, 0.2) is 9.84 Å². The summed E-state index contributed by atoms with van der Waals surface area (Å²) in [6, 6.07) is 5.50. The Morgan fingerprint density at radius 2 is 1.94 bits per heavy atom. The van der Waals surface area contributed by atoms with Crippen LogP contribution in [0.2, 0.25) is 0 Å². The Balaban J connectivity index is 3.12. The zero-order valence-electron chi connectivity index (χ0n) is 11.6. The molecule has 0 fully saturated rings. The zero-order valence-corrected chi connectivity index (χ0v) is 12.5. The molecule has 0 aliphatic heterocycles. The molecule has 18 heavy (non-hydrogen) atoms. The van der Waals surface area contributed by atoms with Crippen LogP contribution in [0.15, 0.2) is 24.4 Å². The van der Waals surface area contributed by atoms with E-state index in [1.165, 1.54) is 6.26 Å². The molecule has 0 aliphatic rings. The SMILES string of the molecule is CNC(C(C)c1ccccn1)C(C)(C)S(C)(=O)=O. The molecular weight excluding hydrogens is 248 g/mol. The molecule has 1 aromatic heterocycles. The summed E-state index contributed by atoms with van der Waals surface area (Å²) >= 11 is 0. The van der Waals surface area contributed by atoms with Crippen molar-refractivity contribution in [1.82, 2.24) is 10.3 Å². The van der Waals surface area contributed by atoms with Crippen LogP contribution in [0.4, 0.5) is 0 Å². The van der Waals surface area contributed by atoms with Crippen LogP contribution in [0.5, 0.6) is 0 Å². The molecule has 2 unspecified atom stereocenters. The molecule has 0 saturated carbocycles. The first kappa shape index (κ1) is 15.1. The Kier molecular flexibility index (Phi) is 4.50. The highest BCUT2D eigenvalue weighted by Crippen LogP contribution is 2.30. The average Bonchev–Trinajstić information content (AvgIpc) is 2.29. The molecule has 0 radical (unpaired) electrons. The molecule has 4 nitrogen and oxygen atoms in total. The van der Waals surface area contributed by atoms with Gasteiger partial charge >= 0.3 is 0 Å². The van der Waals surface area contributed by atoms with E-state index >= 15 is 0 Å². The molecule has 0 amide bonds. The van der Waals surface area contributed by atoms with Gasteiger partial charge in [-0.1, -0.05) is 13.0 Å². The van der Waals surface area contributed by atoms with E-state index < -0.39 is 14.6 Å². The van der Waals surface area contributed by atoms with Crippen molar-refractivity contribution in [2.75, 3.05) is 13.3 Å². The van der Waals surface area contributed by atoms with Crippen LogP contribution in [-0.4, -0.2) is 37.5 Å². The molecular formula is C13H22N2O2S. The van der Waals surface area contributed by atoms with Gasteiger partial charge < -0.3 is 5.32 Å². The van der Waals surface area contributed by atoms with Crippen LogP contribution in [0, 0.1) is 0 Å². The van der Waals surface area contributed by atoms with Crippen molar-refractivity contribution in [1.29, 1.82) is 0 Å². The Hall–Kier alpha value is -0.940. The lowest BCUT2D eigenvalue weighted by Gasteiger charge is -2.36. The maximum atomic E-state index is 11.9. The standard InChI is InChI=1S/C13H22N2O2S/c1-10(11-8-6-7-9-15-11)12(14-4)13(2,3)18(5,16)17/h6-10,12,14H,1-5H3. The van der Waals surface area contributed by atoms with Crippen LogP contribution in [0.1, 0.15) is 32.4 Å². The van der Waals surface area contributed by atoms with Crippen LogP contribution < -0.4 is 5.32 Å². The predicted molar refractivity (Wildman–Crippen MR) is 74.4 cm³/mol. The third-order valence-corrected chi connectivity index (χ3v) is 5.84. The lowest BCUT2D eigenvalue weighted by Crippen LogP contribution is -2.53. The molecule has 2 atom stereocenters. The number of sulfone groups is 1. The number of aromatic nitrogens is 1. The normalized spacial score (nSPS) is 16.3. The van der Waals surface area contributed by atoms with E-state index in [2.05, 4.69) is 10.3 Å². The second-order valence-corrected chi connectivity index (χ2v) is 7.78. The summed E-state index contributed by atoms with van der Waals surface area (Å²) in [5.41, 5.74) is 0.897. The van der Waals surface area contributed by atoms with Crippen LogP contribution in [0.25, 0.3) is 0 Å². The van der Waals surface area contributed by atoms with E-state index in [0.717, 1.165) is 5.69 Å². The third kappa shape index (κ3) is 2.90. The predicted octanol–water partition coefficient (Wildman–Crippen LogP) is 1.60. The summed E-state index contributed by atoms with van der Waals surface area (Å²) in [4.78, 5) is 4.31. The van der Waals surface area contributed by atoms with Crippen molar-refractivity contribution in [3.05, 3.63) is 30.1 Å². The van der Waals surface area contributed by atoms with Crippen LogP contribution in [0.3, 0.4) is 0 Å². The fraction of sp³-hybridized carbons (Fsp3) is 0.615. The van der Waals surface area contributed by atoms with Gasteiger partial charge in [0.1, 0.15) is 0 Å². The summed E-state index contributed by atoms with van der Waals surface area (Å²) in [5, 5.41) is 3.13. The molecule has 1 rings (SSSR count). The molecule has 0 saturated heterocycles. The third-order valence-electron chi connectivity index (χ3n) is 3.67.